The topological polar surface area (TPSA) is 58.2 Å². The highest BCUT2D eigenvalue weighted by atomic mass is 32.2. The zero-order valence-electron chi connectivity index (χ0n) is 9.87. The Labute approximate surface area is 103 Å². The molecule has 1 fully saturated rings. The van der Waals surface area contributed by atoms with Crippen molar-refractivity contribution < 1.29 is 8.42 Å². The molecule has 1 aliphatic rings. The van der Waals surface area contributed by atoms with Crippen LogP contribution in [0.2, 0.25) is 0 Å². The number of nitrogens with one attached hydrogen (secondary N) is 2. The summed E-state index contributed by atoms with van der Waals surface area (Å²) in [5, 5.41) is 3.36. The largest absolute Gasteiger partial charge is 0.314 e. The normalized spacial score (nSPS) is 22.2. The first-order valence-corrected chi connectivity index (χ1v) is 8.88. The zero-order valence-corrected chi connectivity index (χ0v) is 11.5. The van der Waals surface area contributed by atoms with Crippen molar-refractivity contribution in [1.82, 2.24) is 10.0 Å². The Morgan fingerprint density at radius 1 is 1.44 bits per heavy atom. The van der Waals surface area contributed by atoms with Crippen LogP contribution in [0.25, 0.3) is 0 Å². The van der Waals surface area contributed by atoms with E-state index in [1.165, 1.54) is 12.8 Å². The summed E-state index contributed by atoms with van der Waals surface area (Å²) in [6.07, 6.45) is 6.25. The van der Waals surface area contributed by atoms with Crippen molar-refractivity contribution in [2.24, 2.45) is 0 Å². The SMILES string of the molecule is CSCCNS(=O)(=O)CCC1CCCCN1. The van der Waals surface area contributed by atoms with Gasteiger partial charge in [-0.05, 0) is 32.1 Å². The monoisotopic (exact) mass is 266 g/mol. The van der Waals surface area contributed by atoms with Crippen LogP contribution >= 0.6 is 11.8 Å². The van der Waals surface area contributed by atoms with Crippen molar-refractivity contribution in [1.29, 1.82) is 0 Å². The number of hydrogen-bond acceptors (Lipinski definition) is 4. The molecule has 1 rings (SSSR count). The van der Waals surface area contributed by atoms with Crippen molar-refractivity contribution in [3.63, 3.8) is 0 Å². The molecule has 2 N–H and O–H groups in total. The molecule has 1 heterocycles. The summed E-state index contributed by atoms with van der Waals surface area (Å²) >= 11 is 1.65. The predicted octanol–water partition coefficient (Wildman–Crippen LogP) is 0.801. The molecule has 1 saturated heterocycles. The quantitative estimate of drug-likeness (QED) is 0.669. The predicted molar refractivity (Wildman–Crippen MR) is 70.4 cm³/mol. The van der Waals surface area contributed by atoms with Crippen molar-refractivity contribution in [2.45, 2.75) is 31.7 Å². The lowest BCUT2D eigenvalue weighted by molar-refractivity contribution is 0.392. The first-order valence-electron chi connectivity index (χ1n) is 5.84. The first kappa shape index (κ1) is 14.3. The van der Waals surface area contributed by atoms with Crippen molar-refractivity contribution in [2.75, 3.05) is 30.9 Å². The fraction of sp³-hybridized carbons (Fsp3) is 1.00. The lowest BCUT2D eigenvalue weighted by Gasteiger charge is -2.23. The lowest BCUT2D eigenvalue weighted by atomic mass is 10.0. The maximum absolute atomic E-state index is 11.6. The van der Waals surface area contributed by atoms with E-state index in [4.69, 9.17) is 0 Å². The molecule has 0 aromatic heterocycles. The van der Waals surface area contributed by atoms with Gasteiger partial charge in [0.1, 0.15) is 0 Å². The summed E-state index contributed by atoms with van der Waals surface area (Å²) < 4.78 is 25.8. The molecule has 0 bridgehead atoms. The van der Waals surface area contributed by atoms with Crippen molar-refractivity contribution in [3.05, 3.63) is 0 Å². The summed E-state index contributed by atoms with van der Waals surface area (Å²) in [6, 6.07) is 0.394. The van der Waals surface area contributed by atoms with Crippen LogP contribution in [0, 0.1) is 0 Å². The molecule has 4 nitrogen and oxygen atoms in total. The van der Waals surface area contributed by atoms with E-state index in [0.29, 0.717) is 12.6 Å². The summed E-state index contributed by atoms with van der Waals surface area (Å²) in [7, 11) is -3.06. The minimum atomic E-state index is -3.06. The number of sulfonamides is 1. The van der Waals surface area contributed by atoms with Crippen molar-refractivity contribution in [3.8, 4) is 0 Å². The molecule has 1 aliphatic heterocycles. The van der Waals surface area contributed by atoms with Crippen LogP contribution < -0.4 is 10.0 Å². The van der Waals surface area contributed by atoms with Crippen LogP contribution in [-0.2, 0) is 10.0 Å². The molecule has 1 atom stereocenters. The highest BCUT2D eigenvalue weighted by Gasteiger charge is 2.16. The molecule has 0 radical (unpaired) electrons. The highest BCUT2D eigenvalue weighted by molar-refractivity contribution is 7.98. The van der Waals surface area contributed by atoms with E-state index in [9.17, 15) is 8.42 Å². The number of rotatable bonds is 7. The Hall–Kier alpha value is 0.220. The summed E-state index contributed by atoms with van der Waals surface area (Å²) in [4.78, 5) is 0. The van der Waals surface area contributed by atoms with Gasteiger partial charge in [-0.3, -0.25) is 0 Å². The fourth-order valence-corrected chi connectivity index (χ4v) is 3.43. The lowest BCUT2D eigenvalue weighted by Crippen LogP contribution is -2.37. The van der Waals surface area contributed by atoms with Crippen molar-refractivity contribution >= 4 is 21.8 Å². The van der Waals surface area contributed by atoms with E-state index >= 15 is 0 Å². The molecule has 96 valence electrons. The maximum atomic E-state index is 11.6. The summed E-state index contributed by atoms with van der Waals surface area (Å²) in [5.41, 5.74) is 0. The van der Waals surface area contributed by atoms with Gasteiger partial charge in [0.25, 0.3) is 0 Å². The third-order valence-corrected chi connectivity index (χ3v) is 4.81. The smallest absolute Gasteiger partial charge is 0.211 e. The van der Waals surface area contributed by atoms with Gasteiger partial charge in [-0.2, -0.15) is 11.8 Å². The van der Waals surface area contributed by atoms with E-state index in [1.807, 2.05) is 6.26 Å². The molecule has 0 spiro atoms. The molecule has 16 heavy (non-hydrogen) atoms. The van der Waals surface area contributed by atoms with E-state index in [2.05, 4.69) is 10.0 Å². The van der Waals surface area contributed by atoms with Gasteiger partial charge < -0.3 is 5.32 Å². The number of piperidine rings is 1. The molecule has 0 aromatic carbocycles. The Morgan fingerprint density at radius 2 is 2.25 bits per heavy atom. The minimum absolute atomic E-state index is 0.249. The second-order valence-electron chi connectivity index (χ2n) is 4.14. The van der Waals surface area contributed by atoms with E-state index < -0.39 is 10.0 Å². The fourth-order valence-electron chi connectivity index (χ4n) is 1.84. The highest BCUT2D eigenvalue weighted by Crippen LogP contribution is 2.10. The molecular weight excluding hydrogens is 244 g/mol. The maximum Gasteiger partial charge on any atom is 0.211 e. The molecule has 0 amide bonds. The van der Waals surface area contributed by atoms with Crippen LogP contribution in [0.5, 0.6) is 0 Å². The Bertz CT molecular complexity index is 275. The average Bonchev–Trinajstić information content (AvgIpc) is 2.28. The first-order chi connectivity index (χ1) is 7.64. The second kappa shape index (κ2) is 7.53. The molecule has 1 unspecified atom stereocenters. The summed E-state index contributed by atoms with van der Waals surface area (Å²) in [5.74, 6) is 1.08. The standard InChI is InChI=1S/C10H22N2O2S2/c1-15-8-7-12-16(13,14)9-5-10-4-2-3-6-11-10/h10-12H,2-9H2,1H3. The van der Waals surface area contributed by atoms with Gasteiger partial charge in [0, 0.05) is 18.3 Å². The zero-order chi connectivity index (χ0) is 11.9. The second-order valence-corrected chi connectivity index (χ2v) is 7.05. The van der Waals surface area contributed by atoms with Gasteiger partial charge in [0.15, 0.2) is 0 Å². The minimum Gasteiger partial charge on any atom is -0.314 e. The van der Waals surface area contributed by atoms with Crippen LogP contribution in [0.3, 0.4) is 0 Å². The third-order valence-electron chi connectivity index (χ3n) is 2.78. The van der Waals surface area contributed by atoms with E-state index in [1.54, 1.807) is 11.8 Å². The van der Waals surface area contributed by atoms with E-state index in [-0.39, 0.29) is 5.75 Å². The van der Waals surface area contributed by atoms with Gasteiger partial charge in [-0.1, -0.05) is 6.42 Å². The van der Waals surface area contributed by atoms with Gasteiger partial charge in [-0.15, -0.1) is 0 Å². The molecular formula is C10H22N2O2S2. The van der Waals surface area contributed by atoms with E-state index in [0.717, 1.165) is 25.1 Å². The van der Waals surface area contributed by atoms with Gasteiger partial charge >= 0.3 is 0 Å². The average molecular weight is 266 g/mol. The van der Waals surface area contributed by atoms with Crippen LogP contribution in [0.4, 0.5) is 0 Å². The molecule has 6 heteroatoms. The van der Waals surface area contributed by atoms with Gasteiger partial charge in [0.05, 0.1) is 5.75 Å². The third kappa shape index (κ3) is 6.08. The number of hydrogen-bond donors (Lipinski definition) is 2. The van der Waals surface area contributed by atoms with Crippen LogP contribution in [0.1, 0.15) is 25.7 Å². The summed E-state index contributed by atoms with van der Waals surface area (Å²) in [6.45, 7) is 1.58. The molecule has 0 saturated carbocycles. The Balaban J connectivity index is 2.18. The van der Waals surface area contributed by atoms with Gasteiger partial charge in [-0.25, -0.2) is 13.1 Å². The number of thioether (sulfide) groups is 1. The van der Waals surface area contributed by atoms with Crippen LogP contribution in [-0.4, -0.2) is 45.3 Å². The molecule has 0 aromatic rings. The van der Waals surface area contributed by atoms with Crippen LogP contribution in [0.15, 0.2) is 0 Å². The Morgan fingerprint density at radius 3 is 2.88 bits per heavy atom. The van der Waals surface area contributed by atoms with Gasteiger partial charge in [0.2, 0.25) is 10.0 Å². The Kier molecular flexibility index (Phi) is 6.72. The molecule has 0 aliphatic carbocycles.